The van der Waals surface area contributed by atoms with Crippen LogP contribution in [0.3, 0.4) is 0 Å². The molecule has 1 aromatic rings. The van der Waals surface area contributed by atoms with Crippen molar-refractivity contribution in [3.8, 4) is 5.75 Å². The molecule has 0 spiro atoms. The van der Waals surface area contributed by atoms with Crippen LogP contribution in [0.25, 0.3) is 0 Å². The summed E-state index contributed by atoms with van der Waals surface area (Å²) in [7, 11) is 0. The van der Waals surface area contributed by atoms with Crippen molar-refractivity contribution in [2.75, 3.05) is 0 Å². The number of hydrogen-bond acceptors (Lipinski definition) is 1. The third-order valence-electron chi connectivity index (χ3n) is 1.31. The molecule has 0 bridgehead atoms. The standard InChI is InChI=1S/C8H6ClF3O.C2H6/c1-5-2-3-6(9)7(4-5)13-8(10,11)12;1-2/h2-4H,1H3;1-2H3. The van der Waals surface area contributed by atoms with Gasteiger partial charge in [-0.1, -0.05) is 31.5 Å². The lowest BCUT2D eigenvalue weighted by Gasteiger charge is -2.10. The number of rotatable bonds is 1. The predicted octanol–water partition coefficient (Wildman–Crippen LogP) is 4.57. The Morgan fingerprint density at radius 1 is 1.20 bits per heavy atom. The van der Waals surface area contributed by atoms with Crippen LogP contribution in [-0.2, 0) is 0 Å². The zero-order valence-electron chi connectivity index (χ0n) is 8.65. The molecule has 0 N–H and O–H groups in total. The third-order valence-corrected chi connectivity index (χ3v) is 1.62. The molecule has 0 atom stereocenters. The Morgan fingerprint density at radius 3 is 2.20 bits per heavy atom. The number of halogens is 4. The molecule has 0 aliphatic rings. The highest BCUT2D eigenvalue weighted by atomic mass is 35.5. The Kier molecular flexibility index (Phi) is 5.50. The Balaban J connectivity index is 0.000000921. The first-order chi connectivity index (χ1) is 6.88. The van der Waals surface area contributed by atoms with E-state index in [1.54, 1.807) is 13.0 Å². The van der Waals surface area contributed by atoms with Gasteiger partial charge in [-0.25, -0.2) is 0 Å². The van der Waals surface area contributed by atoms with E-state index in [9.17, 15) is 13.2 Å². The molecule has 15 heavy (non-hydrogen) atoms. The van der Waals surface area contributed by atoms with Crippen molar-refractivity contribution in [3.05, 3.63) is 28.8 Å². The van der Waals surface area contributed by atoms with Gasteiger partial charge < -0.3 is 4.74 Å². The largest absolute Gasteiger partial charge is 0.573 e. The molecule has 0 unspecified atom stereocenters. The van der Waals surface area contributed by atoms with Crippen molar-refractivity contribution < 1.29 is 17.9 Å². The molecule has 0 radical (unpaired) electrons. The van der Waals surface area contributed by atoms with Gasteiger partial charge in [-0.05, 0) is 24.6 Å². The summed E-state index contributed by atoms with van der Waals surface area (Å²) in [5, 5.41) is -0.0528. The summed E-state index contributed by atoms with van der Waals surface area (Å²) in [6, 6.07) is 4.19. The second-order valence-electron chi connectivity index (χ2n) is 2.48. The summed E-state index contributed by atoms with van der Waals surface area (Å²) in [5.74, 6) is -0.367. The Labute approximate surface area is 91.8 Å². The summed E-state index contributed by atoms with van der Waals surface area (Å²) < 4.78 is 39.0. The van der Waals surface area contributed by atoms with Crippen LogP contribution in [0.5, 0.6) is 5.75 Å². The second-order valence-corrected chi connectivity index (χ2v) is 2.89. The van der Waals surface area contributed by atoms with Gasteiger partial charge in [-0.3, -0.25) is 0 Å². The molecular formula is C10H12ClF3O. The maximum Gasteiger partial charge on any atom is 0.573 e. The smallest absolute Gasteiger partial charge is 0.404 e. The summed E-state index contributed by atoms with van der Waals surface area (Å²) in [6.45, 7) is 5.65. The summed E-state index contributed by atoms with van der Waals surface area (Å²) in [4.78, 5) is 0. The molecule has 1 nitrogen and oxygen atoms in total. The molecular weight excluding hydrogens is 229 g/mol. The number of ether oxygens (including phenoxy) is 1. The van der Waals surface area contributed by atoms with Crippen molar-refractivity contribution in [2.24, 2.45) is 0 Å². The van der Waals surface area contributed by atoms with E-state index in [0.29, 0.717) is 5.56 Å². The zero-order chi connectivity index (χ0) is 12.1. The molecule has 0 aliphatic carbocycles. The van der Waals surface area contributed by atoms with Gasteiger partial charge in [-0.15, -0.1) is 13.2 Å². The van der Waals surface area contributed by atoms with Crippen molar-refractivity contribution in [3.63, 3.8) is 0 Å². The lowest BCUT2D eigenvalue weighted by Crippen LogP contribution is -2.17. The van der Waals surface area contributed by atoms with Gasteiger partial charge in [0.15, 0.2) is 0 Å². The minimum atomic E-state index is -4.70. The molecule has 86 valence electrons. The highest BCUT2D eigenvalue weighted by Crippen LogP contribution is 2.30. The van der Waals surface area contributed by atoms with E-state index < -0.39 is 6.36 Å². The average molecular weight is 241 g/mol. The van der Waals surface area contributed by atoms with Gasteiger partial charge in [-0.2, -0.15) is 0 Å². The fourth-order valence-electron chi connectivity index (χ4n) is 0.813. The van der Waals surface area contributed by atoms with E-state index in [-0.39, 0.29) is 10.8 Å². The van der Waals surface area contributed by atoms with Crippen LogP contribution >= 0.6 is 11.6 Å². The summed E-state index contributed by atoms with van der Waals surface area (Å²) in [6.07, 6.45) is -4.70. The average Bonchev–Trinajstić information content (AvgIpc) is 2.12. The van der Waals surface area contributed by atoms with Gasteiger partial charge in [0.1, 0.15) is 5.75 Å². The highest BCUT2D eigenvalue weighted by Gasteiger charge is 2.31. The number of aryl methyl sites for hydroxylation is 1. The topological polar surface area (TPSA) is 9.23 Å². The molecule has 1 rings (SSSR count). The number of benzene rings is 1. The van der Waals surface area contributed by atoms with E-state index in [0.717, 1.165) is 0 Å². The van der Waals surface area contributed by atoms with E-state index in [2.05, 4.69) is 4.74 Å². The fraction of sp³-hybridized carbons (Fsp3) is 0.400. The van der Waals surface area contributed by atoms with Crippen LogP contribution in [0.15, 0.2) is 18.2 Å². The molecule has 5 heteroatoms. The van der Waals surface area contributed by atoms with Gasteiger partial charge in [0.25, 0.3) is 0 Å². The molecule has 0 aliphatic heterocycles. The van der Waals surface area contributed by atoms with E-state index in [1.807, 2.05) is 13.8 Å². The molecule has 0 aromatic heterocycles. The monoisotopic (exact) mass is 240 g/mol. The summed E-state index contributed by atoms with van der Waals surface area (Å²) >= 11 is 5.48. The minimum absolute atomic E-state index is 0.0528. The van der Waals surface area contributed by atoms with E-state index in [1.165, 1.54) is 12.1 Å². The first-order valence-corrected chi connectivity index (χ1v) is 4.78. The molecule has 0 amide bonds. The van der Waals surface area contributed by atoms with Gasteiger partial charge in [0.2, 0.25) is 0 Å². The first kappa shape index (κ1) is 14.1. The normalized spacial score (nSPS) is 10.3. The Bertz CT molecular complexity index is 310. The number of hydrogen-bond donors (Lipinski definition) is 0. The van der Waals surface area contributed by atoms with Crippen LogP contribution in [0.2, 0.25) is 5.02 Å². The maximum atomic E-state index is 11.8. The van der Waals surface area contributed by atoms with Crippen LogP contribution in [0.4, 0.5) is 13.2 Å². The lowest BCUT2D eigenvalue weighted by molar-refractivity contribution is -0.274. The predicted molar refractivity (Wildman–Crippen MR) is 54.2 cm³/mol. The first-order valence-electron chi connectivity index (χ1n) is 4.40. The van der Waals surface area contributed by atoms with E-state index >= 15 is 0 Å². The van der Waals surface area contributed by atoms with Gasteiger partial charge >= 0.3 is 6.36 Å². The maximum absolute atomic E-state index is 11.8. The van der Waals surface area contributed by atoms with Crippen molar-refractivity contribution >= 4 is 11.6 Å². The highest BCUT2D eigenvalue weighted by molar-refractivity contribution is 6.32. The SMILES string of the molecule is CC.Cc1ccc(Cl)c(OC(F)(F)F)c1. The molecule has 0 fully saturated rings. The van der Waals surface area contributed by atoms with Crippen molar-refractivity contribution in [1.82, 2.24) is 0 Å². The summed E-state index contributed by atoms with van der Waals surface area (Å²) in [5.41, 5.74) is 0.656. The fourth-order valence-corrected chi connectivity index (χ4v) is 0.970. The minimum Gasteiger partial charge on any atom is -0.404 e. The van der Waals surface area contributed by atoms with Gasteiger partial charge in [0.05, 0.1) is 5.02 Å². The molecule has 0 saturated carbocycles. The van der Waals surface area contributed by atoms with Crippen LogP contribution in [0, 0.1) is 6.92 Å². The van der Waals surface area contributed by atoms with Gasteiger partial charge in [0, 0.05) is 0 Å². The van der Waals surface area contributed by atoms with Crippen LogP contribution in [-0.4, -0.2) is 6.36 Å². The van der Waals surface area contributed by atoms with Crippen molar-refractivity contribution in [2.45, 2.75) is 27.1 Å². The van der Waals surface area contributed by atoms with Crippen LogP contribution < -0.4 is 4.74 Å². The quantitative estimate of drug-likeness (QED) is 0.699. The Hall–Kier alpha value is -0.900. The van der Waals surface area contributed by atoms with E-state index in [4.69, 9.17) is 11.6 Å². The molecule has 1 aromatic carbocycles. The molecule has 0 heterocycles. The van der Waals surface area contributed by atoms with Crippen LogP contribution in [0.1, 0.15) is 19.4 Å². The lowest BCUT2D eigenvalue weighted by atomic mass is 10.2. The number of alkyl halides is 3. The zero-order valence-corrected chi connectivity index (χ0v) is 9.41. The Morgan fingerprint density at radius 2 is 1.73 bits per heavy atom. The molecule has 0 saturated heterocycles. The second kappa shape index (κ2) is 5.85. The van der Waals surface area contributed by atoms with Crippen molar-refractivity contribution in [1.29, 1.82) is 0 Å². The third kappa shape index (κ3) is 5.52.